The molecule has 0 aliphatic rings. The van der Waals surface area contributed by atoms with Crippen molar-refractivity contribution in [2.75, 3.05) is 0 Å². The first kappa shape index (κ1) is 21.8. The van der Waals surface area contributed by atoms with Gasteiger partial charge in [0.1, 0.15) is 5.52 Å². The number of nitrogens with zero attached hydrogens (tertiary/aromatic N) is 5. The molecule has 156 valence electrons. The highest BCUT2D eigenvalue weighted by molar-refractivity contribution is 5.71. The number of rotatable bonds is 6. The molecule has 0 aliphatic heterocycles. The molecule has 5 heteroatoms. The van der Waals surface area contributed by atoms with Crippen molar-refractivity contribution in [3.63, 3.8) is 0 Å². The van der Waals surface area contributed by atoms with Gasteiger partial charge in [0.15, 0.2) is 5.65 Å². The van der Waals surface area contributed by atoms with Gasteiger partial charge in [-0.2, -0.15) is 0 Å². The number of pyridine rings is 2. The SMILES string of the molecule is C/C=C\c1ncccc1/N=C\CC(C)(C)Cc1cnc2cc(C(C)(C)C)cnc2n1. The maximum atomic E-state index is 4.75. The van der Waals surface area contributed by atoms with Crippen LogP contribution < -0.4 is 0 Å². The monoisotopic (exact) mass is 401 g/mol. The number of fused-ring (bicyclic) bond motifs is 1. The first-order chi connectivity index (χ1) is 14.2. The molecular formula is C25H31N5. The van der Waals surface area contributed by atoms with E-state index in [2.05, 4.69) is 60.6 Å². The van der Waals surface area contributed by atoms with Crippen LogP contribution in [0.1, 0.15) is 64.9 Å². The second-order valence-corrected chi connectivity index (χ2v) is 9.44. The standard InChI is InChI=1S/C25H31N5/c1-7-9-20-21(10-8-12-26-20)27-13-11-25(5,6)15-19-17-28-22-14-18(24(2,3)4)16-29-23(22)30-19/h7-10,12-14,16-17H,11,15H2,1-6H3/b9-7-,27-13-. The summed E-state index contributed by atoms with van der Waals surface area (Å²) in [4.78, 5) is 23.0. The van der Waals surface area contributed by atoms with Crippen molar-refractivity contribution >= 4 is 29.1 Å². The summed E-state index contributed by atoms with van der Waals surface area (Å²) >= 11 is 0. The quantitative estimate of drug-likeness (QED) is 0.467. The third kappa shape index (κ3) is 5.56. The van der Waals surface area contributed by atoms with Gasteiger partial charge in [-0.15, -0.1) is 0 Å². The molecule has 0 amide bonds. The Balaban J connectivity index is 1.72. The fourth-order valence-corrected chi connectivity index (χ4v) is 3.19. The molecule has 0 radical (unpaired) electrons. The molecule has 0 atom stereocenters. The van der Waals surface area contributed by atoms with E-state index in [4.69, 9.17) is 4.98 Å². The Morgan fingerprint density at radius 3 is 2.57 bits per heavy atom. The summed E-state index contributed by atoms with van der Waals surface area (Å²) in [7, 11) is 0. The van der Waals surface area contributed by atoms with Crippen LogP contribution in [0, 0.1) is 5.41 Å². The lowest BCUT2D eigenvalue weighted by molar-refractivity contribution is 0.379. The Bertz CT molecular complexity index is 1070. The normalized spacial score (nSPS) is 13.0. The Morgan fingerprint density at radius 2 is 1.83 bits per heavy atom. The lowest BCUT2D eigenvalue weighted by atomic mass is 9.85. The van der Waals surface area contributed by atoms with Crippen molar-refractivity contribution in [3.8, 4) is 0 Å². The topological polar surface area (TPSA) is 63.9 Å². The zero-order chi connectivity index (χ0) is 21.8. The van der Waals surface area contributed by atoms with Crippen LogP contribution in [0.3, 0.4) is 0 Å². The average Bonchev–Trinajstić information content (AvgIpc) is 2.68. The smallest absolute Gasteiger partial charge is 0.178 e. The maximum Gasteiger partial charge on any atom is 0.178 e. The molecule has 30 heavy (non-hydrogen) atoms. The van der Waals surface area contributed by atoms with Gasteiger partial charge in [-0.1, -0.05) is 40.7 Å². The average molecular weight is 402 g/mol. The number of aliphatic imine (C=N–C) groups is 1. The first-order valence-corrected chi connectivity index (χ1v) is 10.4. The van der Waals surface area contributed by atoms with E-state index in [1.165, 1.54) is 5.56 Å². The summed E-state index contributed by atoms with van der Waals surface area (Å²) in [5.41, 5.74) is 5.49. The minimum atomic E-state index is 0.000173. The number of hydrogen-bond donors (Lipinski definition) is 0. The van der Waals surface area contributed by atoms with E-state index in [-0.39, 0.29) is 10.8 Å². The van der Waals surface area contributed by atoms with Gasteiger partial charge in [0.05, 0.1) is 17.1 Å². The minimum absolute atomic E-state index is 0.000173. The van der Waals surface area contributed by atoms with Crippen molar-refractivity contribution in [2.45, 2.75) is 59.8 Å². The van der Waals surface area contributed by atoms with E-state index < -0.39 is 0 Å². The van der Waals surface area contributed by atoms with Crippen LogP contribution in [0.4, 0.5) is 5.69 Å². The van der Waals surface area contributed by atoms with Crippen LogP contribution in [-0.4, -0.2) is 26.2 Å². The van der Waals surface area contributed by atoms with Crippen molar-refractivity contribution in [1.82, 2.24) is 19.9 Å². The number of allylic oxidation sites excluding steroid dienone is 1. The second kappa shape index (κ2) is 8.82. The molecule has 5 nitrogen and oxygen atoms in total. The van der Waals surface area contributed by atoms with Gasteiger partial charge in [0.25, 0.3) is 0 Å². The summed E-state index contributed by atoms with van der Waals surface area (Å²) in [5, 5.41) is 0. The molecule has 0 saturated carbocycles. The second-order valence-electron chi connectivity index (χ2n) is 9.44. The van der Waals surface area contributed by atoms with Gasteiger partial charge in [0.2, 0.25) is 0 Å². The molecule has 0 aliphatic carbocycles. The Hall–Kier alpha value is -2.95. The Labute approximate surface area is 179 Å². The zero-order valence-corrected chi connectivity index (χ0v) is 18.8. The van der Waals surface area contributed by atoms with Crippen LogP contribution in [0.2, 0.25) is 0 Å². The van der Waals surface area contributed by atoms with Crippen molar-refractivity contribution in [2.24, 2.45) is 10.4 Å². The van der Waals surface area contributed by atoms with E-state index >= 15 is 0 Å². The zero-order valence-electron chi connectivity index (χ0n) is 18.8. The van der Waals surface area contributed by atoms with E-state index in [9.17, 15) is 0 Å². The molecular weight excluding hydrogens is 370 g/mol. The van der Waals surface area contributed by atoms with Crippen molar-refractivity contribution < 1.29 is 0 Å². The largest absolute Gasteiger partial charge is 0.259 e. The fourth-order valence-electron chi connectivity index (χ4n) is 3.19. The van der Waals surface area contributed by atoms with E-state index in [0.717, 1.165) is 35.4 Å². The number of aromatic nitrogens is 4. The van der Waals surface area contributed by atoms with Crippen molar-refractivity contribution in [1.29, 1.82) is 0 Å². The van der Waals surface area contributed by atoms with Gasteiger partial charge in [-0.25, -0.2) is 9.97 Å². The van der Waals surface area contributed by atoms with Crippen LogP contribution in [-0.2, 0) is 11.8 Å². The molecule has 3 rings (SSSR count). The molecule has 3 aromatic heterocycles. The van der Waals surface area contributed by atoms with Crippen LogP contribution >= 0.6 is 0 Å². The van der Waals surface area contributed by atoms with Crippen molar-refractivity contribution in [3.05, 3.63) is 59.8 Å². The summed E-state index contributed by atoms with van der Waals surface area (Å²) in [6.07, 6.45) is 13.1. The lowest BCUT2D eigenvalue weighted by Crippen LogP contribution is -2.17. The highest BCUT2D eigenvalue weighted by Crippen LogP contribution is 2.27. The third-order valence-electron chi connectivity index (χ3n) is 4.99. The molecule has 3 aromatic rings. The summed E-state index contributed by atoms with van der Waals surface area (Å²) in [6, 6.07) is 5.98. The summed E-state index contributed by atoms with van der Waals surface area (Å²) in [5.74, 6) is 0. The lowest BCUT2D eigenvalue weighted by Gasteiger charge is -2.22. The Kier molecular flexibility index (Phi) is 6.40. The highest BCUT2D eigenvalue weighted by atomic mass is 14.9. The van der Waals surface area contributed by atoms with Crippen LogP contribution in [0.15, 0.2) is 47.9 Å². The maximum absolute atomic E-state index is 4.75. The molecule has 0 spiro atoms. The van der Waals surface area contributed by atoms with Gasteiger partial charge in [0, 0.05) is 24.8 Å². The van der Waals surface area contributed by atoms with Gasteiger partial charge >= 0.3 is 0 Å². The van der Waals surface area contributed by atoms with E-state index in [1.54, 1.807) is 6.20 Å². The summed E-state index contributed by atoms with van der Waals surface area (Å²) < 4.78 is 0. The number of hydrogen-bond acceptors (Lipinski definition) is 5. The fraction of sp³-hybridized carbons (Fsp3) is 0.400. The molecule has 0 aromatic carbocycles. The van der Waals surface area contributed by atoms with Gasteiger partial charge < -0.3 is 0 Å². The van der Waals surface area contributed by atoms with Gasteiger partial charge in [-0.3, -0.25) is 15.0 Å². The molecule has 0 fully saturated rings. The predicted molar refractivity (Wildman–Crippen MR) is 125 cm³/mol. The van der Waals surface area contributed by atoms with Crippen LogP contribution in [0.25, 0.3) is 17.2 Å². The molecule has 0 unspecified atom stereocenters. The first-order valence-electron chi connectivity index (χ1n) is 10.4. The third-order valence-corrected chi connectivity index (χ3v) is 4.99. The molecule has 0 saturated heterocycles. The molecule has 3 heterocycles. The van der Waals surface area contributed by atoms with Gasteiger partial charge in [-0.05, 0) is 60.4 Å². The predicted octanol–water partition coefficient (Wildman–Crippen LogP) is 6.11. The van der Waals surface area contributed by atoms with E-state index in [1.807, 2.05) is 49.8 Å². The Morgan fingerprint density at radius 1 is 1.03 bits per heavy atom. The minimum Gasteiger partial charge on any atom is -0.259 e. The van der Waals surface area contributed by atoms with Crippen LogP contribution in [0.5, 0.6) is 0 Å². The summed E-state index contributed by atoms with van der Waals surface area (Å²) in [6.45, 7) is 12.9. The molecule has 0 bridgehead atoms. The van der Waals surface area contributed by atoms with E-state index in [0.29, 0.717) is 5.65 Å². The molecule has 0 N–H and O–H groups in total. The highest BCUT2D eigenvalue weighted by Gasteiger charge is 2.20.